The molecule has 0 saturated heterocycles. The van der Waals surface area contributed by atoms with E-state index in [2.05, 4.69) is 43.5 Å². The maximum absolute atomic E-state index is 12.4. The largest absolute Gasteiger partial charge is 0.394 e. The Kier molecular flexibility index (Phi) is 38.7. The number of rotatable bonds is 39. The highest BCUT2D eigenvalue weighted by molar-refractivity contribution is 5.76. The second-order valence-corrected chi connectivity index (χ2v) is 14.9. The van der Waals surface area contributed by atoms with Crippen LogP contribution in [0.25, 0.3) is 0 Å². The van der Waals surface area contributed by atoms with E-state index in [1.54, 1.807) is 0 Å². The molecule has 0 aromatic heterocycles. The first kappa shape index (κ1) is 47.8. The molecule has 0 aliphatic rings. The van der Waals surface area contributed by atoms with Crippen LogP contribution in [0, 0.1) is 0 Å². The van der Waals surface area contributed by atoms with Gasteiger partial charge in [0.25, 0.3) is 0 Å². The van der Waals surface area contributed by atoms with Gasteiger partial charge in [0.15, 0.2) is 0 Å². The zero-order valence-electron chi connectivity index (χ0n) is 32.8. The minimum atomic E-state index is -1.13. The third-order valence-electron chi connectivity index (χ3n) is 10.1. The number of nitrogens with one attached hydrogen (secondary N) is 1. The molecule has 1 amide bonds. The Morgan fingerprint density at radius 2 is 0.878 bits per heavy atom. The van der Waals surface area contributed by atoms with Crippen molar-refractivity contribution in [3.05, 3.63) is 24.3 Å². The SMILES string of the molecule is CCCCCCCCCCC/C=C\C/C=C\CCCCCCCCCCCC(=O)NC(CO)C(O)C(O)CCCCCCCCCCCC. The summed E-state index contributed by atoms with van der Waals surface area (Å²) in [6.07, 6.45) is 47.2. The van der Waals surface area contributed by atoms with Crippen LogP contribution in [0.1, 0.15) is 226 Å². The predicted octanol–water partition coefficient (Wildman–Crippen LogP) is 12.2. The Morgan fingerprint density at radius 1 is 0.510 bits per heavy atom. The molecule has 3 unspecified atom stereocenters. The number of amides is 1. The first-order valence-corrected chi connectivity index (χ1v) is 21.6. The third-order valence-corrected chi connectivity index (χ3v) is 10.1. The van der Waals surface area contributed by atoms with Gasteiger partial charge in [-0.25, -0.2) is 0 Å². The van der Waals surface area contributed by atoms with E-state index < -0.39 is 18.2 Å². The molecule has 0 bridgehead atoms. The summed E-state index contributed by atoms with van der Waals surface area (Å²) in [5.41, 5.74) is 0. The zero-order valence-corrected chi connectivity index (χ0v) is 32.8. The predicted molar refractivity (Wildman–Crippen MR) is 213 cm³/mol. The van der Waals surface area contributed by atoms with Crippen molar-refractivity contribution in [2.24, 2.45) is 0 Å². The minimum Gasteiger partial charge on any atom is -0.394 e. The monoisotopic (exact) mass is 692 g/mol. The van der Waals surface area contributed by atoms with Gasteiger partial charge in [0.1, 0.15) is 6.10 Å². The van der Waals surface area contributed by atoms with Gasteiger partial charge in [0, 0.05) is 6.42 Å². The molecule has 0 rings (SSSR count). The van der Waals surface area contributed by atoms with Crippen molar-refractivity contribution < 1.29 is 20.1 Å². The molecule has 0 aromatic rings. The van der Waals surface area contributed by atoms with Gasteiger partial charge in [0.05, 0.1) is 18.8 Å². The Labute approximate surface area is 305 Å². The Bertz CT molecular complexity index is 724. The molecule has 49 heavy (non-hydrogen) atoms. The highest BCUT2D eigenvalue weighted by Gasteiger charge is 2.26. The molecule has 0 spiro atoms. The number of allylic oxidation sites excluding steroid dienone is 4. The zero-order chi connectivity index (χ0) is 35.9. The third kappa shape index (κ3) is 35.0. The molecule has 290 valence electrons. The van der Waals surface area contributed by atoms with Gasteiger partial charge in [-0.3, -0.25) is 4.79 Å². The second kappa shape index (κ2) is 39.6. The van der Waals surface area contributed by atoms with Crippen molar-refractivity contribution in [2.75, 3.05) is 6.61 Å². The number of unbranched alkanes of at least 4 members (excludes halogenated alkanes) is 27. The molecular formula is C44H85NO4. The fraction of sp³-hybridized carbons (Fsp3) is 0.886. The molecule has 5 nitrogen and oxygen atoms in total. The van der Waals surface area contributed by atoms with Crippen LogP contribution in [0.2, 0.25) is 0 Å². The van der Waals surface area contributed by atoms with Crippen LogP contribution >= 0.6 is 0 Å². The molecule has 5 heteroatoms. The lowest BCUT2D eigenvalue weighted by Gasteiger charge is -2.26. The fourth-order valence-corrected chi connectivity index (χ4v) is 6.66. The van der Waals surface area contributed by atoms with Crippen molar-refractivity contribution >= 4 is 5.91 Å². The van der Waals surface area contributed by atoms with Crippen molar-refractivity contribution in [1.29, 1.82) is 0 Å². The Morgan fingerprint density at radius 3 is 1.29 bits per heavy atom. The summed E-state index contributed by atoms with van der Waals surface area (Å²) in [6, 6.07) is -0.808. The topological polar surface area (TPSA) is 89.8 Å². The number of aliphatic hydroxyl groups is 3. The molecule has 0 aliphatic heterocycles. The number of carbonyl (C=O) groups is 1. The number of hydrogen-bond donors (Lipinski definition) is 4. The summed E-state index contributed by atoms with van der Waals surface area (Å²) in [7, 11) is 0. The van der Waals surface area contributed by atoms with E-state index in [0.717, 1.165) is 44.9 Å². The van der Waals surface area contributed by atoms with Gasteiger partial charge in [0.2, 0.25) is 5.91 Å². The highest BCUT2D eigenvalue weighted by Crippen LogP contribution is 2.16. The van der Waals surface area contributed by atoms with Crippen LogP contribution in [0.4, 0.5) is 0 Å². The van der Waals surface area contributed by atoms with E-state index in [1.165, 1.54) is 154 Å². The minimum absolute atomic E-state index is 0.150. The number of aliphatic hydroxyl groups excluding tert-OH is 3. The van der Waals surface area contributed by atoms with E-state index in [9.17, 15) is 20.1 Å². The number of hydrogen-bond acceptors (Lipinski definition) is 4. The van der Waals surface area contributed by atoms with Gasteiger partial charge >= 0.3 is 0 Å². The van der Waals surface area contributed by atoms with E-state index >= 15 is 0 Å². The van der Waals surface area contributed by atoms with Crippen molar-refractivity contribution in [3.63, 3.8) is 0 Å². The van der Waals surface area contributed by atoms with Crippen LogP contribution in [-0.4, -0.2) is 46.1 Å². The molecule has 3 atom stereocenters. The first-order valence-electron chi connectivity index (χ1n) is 21.6. The summed E-state index contributed by atoms with van der Waals surface area (Å²) in [6.45, 7) is 4.16. The average molecular weight is 692 g/mol. The molecule has 0 fully saturated rings. The van der Waals surface area contributed by atoms with Crippen LogP contribution in [0.5, 0.6) is 0 Å². The Hall–Kier alpha value is -1.17. The molecule has 0 saturated carbocycles. The standard InChI is InChI=1S/C44H85NO4/c1-3-5-7-9-11-13-15-16-17-18-19-20-21-22-23-24-25-26-27-28-29-31-33-35-37-39-43(48)45-41(40-46)44(49)42(47)38-36-34-32-30-14-12-10-8-6-4-2/h19-20,22-23,41-42,44,46-47,49H,3-18,21,24-40H2,1-2H3,(H,45,48)/b20-19-,23-22-. The smallest absolute Gasteiger partial charge is 0.220 e. The van der Waals surface area contributed by atoms with E-state index in [-0.39, 0.29) is 12.5 Å². The molecule has 0 radical (unpaired) electrons. The van der Waals surface area contributed by atoms with Crippen LogP contribution in [-0.2, 0) is 4.79 Å². The highest BCUT2D eigenvalue weighted by atomic mass is 16.3. The molecular weight excluding hydrogens is 606 g/mol. The first-order chi connectivity index (χ1) is 24.1. The second-order valence-electron chi connectivity index (χ2n) is 14.9. The van der Waals surface area contributed by atoms with E-state index in [4.69, 9.17) is 0 Å². The van der Waals surface area contributed by atoms with E-state index in [0.29, 0.717) is 12.8 Å². The summed E-state index contributed by atoms with van der Waals surface area (Å²) >= 11 is 0. The van der Waals surface area contributed by atoms with Gasteiger partial charge in [-0.15, -0.1) is 0 Å². The molecule has 4 N–H and O–H groups in total. The lowest BCUT2D eigenvalue weighted by Crippen LogP contribution is -2.50. The van der Waals surface area contributed by atoms with Crippen LogP contribution in [0.15, 0.2) is 24.3 Å². The Balaban J connectivity index is 3.59. The molecule has 0 aromatic carbocycles. The summed E-state index contributed by atoms with van der Waals surface area (Å²) in [4.78, 5) is 12.4. The van der Waals surface area contributed by atoms with Gasteiger partial charge in [-0.2, -0.15) is 0 Å². The van der Waals surface area contributed by atoms with E-state index in [1.807, 2.05) is 0 Å². The maximum atomic E-state index is 12.4. The van der Waals surface area contributed by atoms with Crippen molar-refractivity contribution in [1.82, 2.24) is 5.32 Å². The van der Waals surface area contributed by atoms with Crippen molar-refractivity contribution in [3.8, 4) is 0 Å². The normalized spacial score (nSPS) is 13.8. The van der Waals surface area contributed by atoms with Crippen LogP contribution < -0.4 is 5.32 Å². The fourth-order valence-electron chi connectivity index (χ4n) is 6.66. The van der Waals surface area contributed by atoms with Gasteiger partial charge in [-0.1, -0.05) is 199 Å². The lowest BCUT2D eigenvalue weighted by atomic mass is 9.99. The maximum Gasteiger partial charge on any atom is 0.220 e. The van der Waals surface area contributed by atoms with Crippen molar-refractivity contribution in [2.45, 2.75) is 244 Å². The summed E-state index contributed by atoms with van der Waals surface area (Å²) in [5.74, 6) is -0.150. The average Bonchev–Trinajstić information content (AvgIpc) is 3.10. The molecule has 0 aliphatic carbocycles. The van der Waals surface area contributed by atoms with Crippen LogP contribution in [0.3, 0.4) is 0 Å². The summed E-state index contributed by atoms with van der Waals surface area (Å²) < 4.78 is 0. The number of carbonyl (C=O) groups excluding carboxylic acids is 1. The lowest BCUT2D eigenvalue weighted by molar-refractivity contribution is -0.124. The summed E-state index contributed by atoms with van der Waals surface area (Å²) in [5, 5.41) is 33.4. The van der Waals surface area contributed by atoms with Gasteiger partial charge in [-0.05, 0) is 44.9 Å². The quantitative estimate of drug-likeness (QED) is 0.0381. The molecule has 0 heterocycles. The van der Waals surface area contributed by atoms with Gasteiger partial charge < -0.3 is 20.6 Å².